The molecule has 0 spiro atoms. The number of hydrogen-bond donors (Lipinski definition) is 0. The molecule has 0 bridgehead atoms. The Morgan fingerprint density at radius 3 is 2.21 bits per heavy atom. The Morgan fingerprint density at radius 2 is 1.66 bits per heavy atom. The van der Waals surface area contributed by atoms with Crippen molar-refractivity contribution in [1.82, 2.24) is 0 Å². The van der Waals surface area contributed by atoms with Gasteiger partial charge in [0.25, 0.3) is 0 Å². The zero-order valence-electron chi connectivity index (χ0n) is 18.8. The summed E-state index contributed by atoms with van der Waals surface area (Å²) in [5.74, 6) is 1.26. The summed E-state index contributed by atoms with van der Waals surface area (Å²) in [7, 11) is 1.72. The Kier molecular flexibility index (Phi) is 9.60. The average molecular weight is 409 g/mol. The van der Waals surface area contributed by atoms with Gasteiger partial charge in [-0.25, -0.2) is 0 Å². The van der Waals surface area contributed by atoms with E-state index in [1.54, 1.807) is 7.11 Å². The van der Waals surface area contributed by atoms with Crippen molar-refractivity contribution in [2.45, 2.75) is 72.1 Å². The molecule has 2 aromatic carbocycles. The number of ether oxygens (including phenoxy) is 1. The Bertz CT molecular complexity index is 817. The fourth-order valence-electron chi connectivity index (χ4n) is 3.87. The summed E-state index contributed by atoms with van der Waals surface area (Å²) in [5.41, 5.74) is 7.15. The first-order chi connectivity index (χ1) is 14.0. The van der Waals surface area contributed by atoms with Crippen molar-refractivity contribution >= 4 is 17.1 Å². The summed E-state index contributed by atoms with van der Waals surface area (Å²) >= 11 is 5.36. The average Bonchev–Trinajstić information content (AvgIpc) is 2.72. The lowest BCUT2D eigenvalue weighted by Gasteiger charge is -2.21. The van der Waals surface area contributed by atoms with Crippen LogP contribution in [-0.2, 0) is 12.8 Å². The van der Waals surface area contributed by atoms with E-state index >= 15 is 0 Å². The number of hydrogen-bond acceptors (Lipinski definition) is 2. The maximum absolute atomic E-state index is 5.37. The van der Waals surface area contributed by atoms with E-state index in [4.69, 9.17) is 17.0 Å². The molecule has 0 heterocycles. The van der Waals surface area contributed by atoms with Crippen molar-refractivity contribution in [3.05, 3.63) is 76.4 Å². The molecular weight excluding hydrogens is 372 g/mol. The van der Waals surface area contributed by atoms with Gasteiger partial charge < -0.3 is 4.74 Å². The number of thiocarbonyl (C=S) groups is 1. The minimum absolute atomic E-state index is 0.354. The molecule has 0 amide bonds. The zero-order chi connectivity index (χ0) is 21.2. The first-order valence-corrected chi connectivity index (χ1v) is 11.3. The van der Waals surface area contributed by atoms with E-state index in [0.29, 0.717) is 5.92 Å². The monoisotopic (exact) mass is 408 g/mol. The second kappa shape index (κ2) is 11.9. The fourth-order valence-corrected chi connectivity index (χ4v) is 3.97. The van der Waals surface area contributed by atoms with E-state index in [2.05, 4.69) is 76.2 Å². The van der Waals surface area contributed by atoms with E-state index in [9.17, 15) is 0 Å². The minimum atomic E-state index is 0.354. The molecule has 156 valence electrons. The predicted octanol–water partition coefficient (Wildman–Crippen LogP) is 7.77. The first-order valence-electron chi connectivity index (χ1n) is 10.9. The van der Waals surface area contributed by atoms with Crippen LogP contribution in [0.4, 0.5) is 0 Å². The number of benzene rings is 2. The third-order valence-corrected chi connectivity index (χ3v) is 5.81. The van der Waals surface area contributed by atoms with Gasteiger partial charge >= 0.3 is 0 Å². The summed E-state index contributed by atoms with van der Waals surface area (Å²) in [6.45, 7) is 8.78. The Hall–Kier alpha value is -1.93. The van der Waals surface area contributed by atoms with Crippen LogP contribution in [0.25, 0.3) is 0 Å². The molecule has 1 atom stereocenters. The molecule has 2 aromatic rings. The highest BCUT2D eigenvalue weighted by atomic mass is 32.1. The van der Waals surface area contributed by atoms with Crippen molar-refractivity contribution in [2.24, 2.45) is 0 Å². The molecule has 0 saturated heterocycles. The summed E-state index contributed by atoms with van der Waals surface area (Å²) in [4.78, 5) is 1.09. The highest BCUT2D eigenvalue weighted by Gasteiger charge is 2.17. The van der Waals surface area contributed by atoms with Crippen LogP contribution < -0.4 is 4.74 Å². The first kappa shape index (κ1) is 23.3. The van der Waals surface area contributed by atoms with Crippen LogP contribution in [-0.4, -0.2) is 12.0 Å². The van der Waals surface area contributed by atoms with Crippen molar-refractivity contribution < 1.29 is 4.74 Å². The number of methoxy groups -OCH3 is 1. The molecule has 0 radical (unpaired) electrons. The fraction of sp³-hybridized carbons (Fsp3) is 0.444. The molecule has 29 heavy (non-hydrogen) atoms. The molecule has 2 rings (SSSR count). The SMILES string of the molecule is CC/C=C\CC(c1ccc(OC)cc1)c1cc(CCC)c(C)c(CCC(C)=S)c1. The van der Waals surface area contributed by atoms with Crippen LogP contribution in [0.5, 0.6) is 5.75 Å². The lowest BCUT2D eigenvalue weighted by Crippen LogP contribution is -2.06. The Balaban J connectivity index is 2.50. The molecule has 0 aliphatic carbocycles. The van der Waals surface area contributed by atoms with Crippen molar-refractivity contribution in [1.29, 1.82) is 0 Å². The van der Waals surface area contributed by atoms with Gasteiger partial charge in [0, 0.05) is 5.92 Å². The third kappa shape index (κ3) is 6.82. The molecule has 1 unspecified atom stereocenters. The summed E-state index contributed by atoms with van der Waals surface area (Å²) < 4.78 is 5.37. The largest absolute Gasteiger partial charge is 0.497 e. The minimum Gasteiger partial charge on any atom is -0.497 e. The lowest BCUT2D eigenvalue weighted by atomic mass is 9.83. The van der Waals surface area contributed by atoms with Gasteiger partial charge in [-0.3, -0.25) is 0 Å². The molecule has 2 heteroatoms. The second-order valence-corrected chi connectivity index (χ2v) is 8.55. The molecule has 0 aliphatic heterocycles. The second-order valence-electron chi connectivity index (χ2n) is 7.86. The van der Waals surface area contributed by atoms with Gasteiger partial charge in [0.2, 0.25) is 0 Å². The van der Waals surface area contributed by atoms with E-state index in [-0.39, 0.29) is 0 Å². The van der Waals surface area contributed by atoms with Crippen molar-refractivity contribution in [2.75, 3.05) is 7.11 Å². The smallest absolute Gasteiger partial charge is 0.118 e. The molecule has 0 saturated carbocycles. The summed E-state index contributed by atoms with van der Waals surface area (Å²) in [6, 6.07) is 13.4. The van der Waals surface area contributed by atoms with Gasteiger partial charge in [0.15, 0.2) is 0 Å². The van der Waals surface area contributed by atoms with Crippen LogP contribution in [0, 0.1) is 6.92 Å². The Morgan fingerprint density at radius 1 is 1.00 bits per heavy atom. The van der Waals surface area contributed by atoms with Gasteiger partial charge in [0.05, 0.1) is 7.11 Å². The maximum Gasteiger partial charge on any atom is 0.118 e. The number of aryl methyl sites for hydroxylation is 2. The van der Waals surface area contributed by atoms with Crippen molar-refractivity contribution in [3.8, 4) is 5.75 Å². The van der Waals surface area contributed by atoms with Crippen LogP contribution >= 0.6 is 12.2 Å². The van der Waals surface area contributed by atoms with E-state index in [1.807, 2.05) is 0 Å². The topological polar surface area (TPSA) is 9.23 Å². The zero-order valence-corrected chi connectivity index (χ0v) is 19.6. The molecule has 0 aliphatic rings. The predicted molar refractivity (Wildman–Crippen MR) is 131 cm³/mol. The standard InChI is InChI=1S/C27H36OS/c1-6-8-9-11-27(22-14-16-26(28-5)17-15-22)25-18-23(10-7-2)21(4)24(19-25)13-12-20(3)29/h8-9,14-19,27H,6-7,10-13H2,1-5H3/b9-8-. The third-order valence-electron chi connectivity index (χ3n) is 5.61. The van der Waals surface area contributed by atoms with Crippen molar-refractivity contribution in [3.63, 3.8) is 0 Å². The van der Waals surface area contributed by atoms with Gasteiger partial charge in [0.1, 0.15) is 5.75 Å². The highest BCUT2D eigenvalue weighted by Crippen LogP contribution is 2.33. The number of rotatable bonds is 11. The van der Waals surface area contributed by atoms with Gasteiger partial charge in [-0.15, -0.1) is 0 Å². The molecule has 1 nitrogen and oxygen atoms in total. The van der Waals surface area contributed by atoms with E-state index < -0.39 is 0 Å². The summed E-state index contributed by atoms with van der Waals surface area (Å²) in [5, 5.41) is 0. The van der Waals surface area contributed by atoms with Gasteiger partial charge in [-0.1, -0.05) is 68.9 Å². The lowest BCUT2D eigenvalue weighted by molar-refractivity contribution is 0.414. The highest BCUT2D eigenvalue weighted by molar-refractivity contribution is 7.80. The normalized spacial score (nSPS) is 12.3. The molecule has 0 fully saturated rings. The summed E-state index contributed by atoms with van der Waals surface area (Å²) in [6.07, 6.45) is 11.0. The van der Waals surface area contributed by atoms with Crippen LogP contribution in [0.3, 0.4) is 0 Å². The molecular formula is C27H36OS. The van der Waals surface area contributed by atoms with Gasteiger partial charge in [-0.2, -0.15) is 0 Å². The van der Waals surface area contributed by atoms with Gasteiger partial charge in [-0.05, 0) is 90.8 Å². The number of allylic oxidation sites excluding steroid dienone is 2. The van der Waals surface area contributed by atoms with Crippen LogP contribution in [0.1, 0.15) is 80.2 Å². The Labute approximate surface area is 183 Å². The molecule has 0 aromatic heterocycles. The quantitative estimate of drug-likeness (QED) is 0.277. The van der Waals surface area contributed by atoms with Crippen LogP contribution in [0.15, 0.2) is 48.6 Å². The maximum atomic E-state index is 5.37. The van der Waals surface area contributed by atoms with Crippen LogP contribution in [0.2, 0.25) is 0 Å². The van der Waals surface area contributed by atoms with E-state index in [1.165, 1.54) is 34.2 Å². The molecule has 0 N–H and O–H groups in total. The van der Waals surface area contributed by atoms with E-state index in [0.717, 1.165) is 42.7 Å².